The van der Waals surface area contributed by atoms with Crippen molar-refractivity contribution in [2.45, 2.75) is 26.3 Å². The molecule has 2 rings (SSSR count). The van der Waals surface area contributed by atoms with Crippen LogP contribution in [0.25, 0.3) is 0 Å². The van der Waals surface area contributed by atoms with E-state index in [0.29, 0.717) is 26.2 Å². The molecule has 0 spiro atoms. The number of piperazine rings is 1. The molecule has 1 aliphatic rings. The first kappa shape index (κ1) is 16.4. The Labute approximate surface area is 132 Å². The third kappa shape index (κ3) is 3.61. The van der Waals surface area contributed by atoms with E-state index in [2.05, 4.69) is 41.6 Å². The maximum atomic E-state index is 13.9. The van der Waals surface area contributed by atoms with Crippen LogP contribution >= 0.6 is 15.9 Å². The molecule has 6 heteroatoms. The van der Waals surface area contributed by atoms with Gasteiger partial charge in [0.05, 0.1) is 0 Å². The molecule has 21 heavy (non-hydrogen) atoms. The minimum Gasteiger partial charge on any atom is -0.336 e. The Bertz CT molecular complexity index is 526. The molecule has 1 aromatic carbocycles. The van der Waals surface area contributed by atoms with Crippen molar-refractivity contribution in [1.82, 2.24) is 9.80 Å². The number of hydrogen-bond donors (Lipinski definition) is 0. The number of carbonyl (C=O) groups excluding carboxylic acids is 1. The molecule has 0 aliphatic carbocycles. The van der Waals surface area contributed by atoms with E-state index in [4.69, 9.17) is 0 Å². The second-order valence-electron chi connectivity index (χ2n) is 6.19. The van der Waals surface area contributed by atoms with Crippen LogP contribution in [0.4, 0.5) is 8.78 Å². The fourth-order valence-corrected chi connectivity index (χ4v) is 2.89. The van der Waals surface area contributed by atoms with Crippen molar-refractivity contribution in [1.29, 1.82) is 0 Å². The first-order valence-electron chi connectivity index (χ1n) is 6.89. The standard InChI is InChI=1S/C15H19BrF2N2O/c1-15(2,3)20-6-4-19(5-7-20)14(21)13-11(17)8-10(16)9-12(13)18/h8-9H,4-7H2,1-3H3. The van der Waals surface area contributed by atoms with Crippen LogP contribution in [0.5, 0.6) is 0 Å². The zero-order chi connectivity index (χ0) is 15.8. The largest absolute Gasteiger partial charge is 0.336 e. The number of benzene rings is 1. The number of carbonyl (C=O) groups is 1. The van der Waals surface area contributed by atoms with Gasteiger partial charge in [-0.1, -0.05) is 15.9 Å². The molecule has 0 radical (unpaired) electrons. The first-order chi connectivity index (χ1) is 9.70. The van der Waals surface area contributed by atoms with Crippen molar-refractivity contribution in [3.63, 3.8) is 0 Å². The van der Waals surface area contributed by atoms with Gasteiger partial charge in [0.1, 0.15) is 17.2 Å². The fourth-order valence-electron chi connectivity index (χ4n) is 2.48. The molecular formula is C15H19BrF2N2O. The molecule has 1 amide bonds. The summed E-state index contributed by atoms with van der Waals surface area (Å²) in [6.07, 6.45) is 0. The minimum absolute atomic E-state index is 0.0310. The summed E-state index contributed by atoms with van der Waals surface area (Å²) in [4.78, 5) is 16.1. The van der Waals surface area contributed by atoms with Crippen molar-refractivity contribution in [2.75, 3.05) is 26.2 Å². The van der Waals surface area contributed by atoms with Gasteiger partial charge in [0, 0.05) is 36.2 Å². The number of amides is 1. The average Bonchev–Trinajstić information content (AvgIpc) is 2.36. The summed E-state index contributed by atoms with van der Waals surface area (Å²) in [6, 6.07) is 2.23. The fraction of sp³-hybridized carbons (Fsp3) is 0.533. The molecule has 0 unspecified atom stereocenters. The second-order valence-corrected chi connectivity index (χ2v) is 7.11. The highest BCUT2D eigenvalue weighted by atomic mass is 79.9. The van der Waals surface area contributed by atoms with Gasteiger partial charge < -0.3 is 4.90 Å². The Morgan fingerprint density at radius 3 is 2.00 bits per heavy atom. The number of halogens is 3. The lowest BCUT2D eigenvalue weighted by Crippen LogP contribution is -2.54. The van der Waals surface area contributed by atoms with Crippen molar-refractivity contribution in [3.05, 3.63) is 33.8 Å². The van der Waals surface area contributed by atoms with Crippen molar-refractivity contribution in [3.8, 4) is 0 Å². The summed E-state index contributed by atoms with van der Waals surface area (Å²) in [5.41, 5.74) is -0.439. The van der Waals surface area contributed by atoms with E-state index in [1.54, 1.807) is 0 Å². The Morgan fingerprint density at radius 2 is 1.57 bits per heavy atom. The van der Waals surface area contributed by atoms with Crippen LogP contribution in [0.3, 0.4) is 0 Å². The summed E-state index contributed by atoms with van der Waals surface area (Å²) < 4.78 is 28.0. The van der Waals surface area contributed by atoms with E-state index < -0.39 is 23.1 Å². The maximum absolute atomic E-state index is 13.9. The van der Waals surface area contributed by atoms with Crippen molar-refractivity contribution in [2.24, 2.45) is 0 Å². The van der Waals surface area contributed by atoms with Crippen LogP contribution in [0.15, 0.2) is 16.6 Å². The summed E-state index contributed by atoms with van der Waals surface area (Å²) in [6.45, 7) is 8.69. The number of rotatable bonds is 1. The molecule has 3 nitrogen and oxygen atoms in total. The lowest BCUT2D eigenvalue weighted by atomic mass is 10.0. The molecule has 116 valence electrons. The lowest BCUT2D eigenvalue weighted by Gasteiger charge is -2.42. The highest BCUT2D eigenvalue weighted by molar-refractivity contribution is 9.10. The normalized spacial score (nSPS) is 17.1. The molecule has 1 fully saturated rings. The first-order valence-corrected chi connectivity index (χ1v) is 7.68. The predicted octanol–water partition coefficient (Wildman–Crippen LogP) is 3.28. The van der Waals surface area contributed by atoms with E-state index in [1.165, 1.54) is 4.90 Å². The monoisotopic (exact) mass is 360 g/mol. The smallest absolute Gasteiger partial charge is 0.259 e. The van der Waals surface area contributed by atoms with E-state index in [9.17, 15) is 13.6 Å². The van der Waals surface area contributed by atoms with Gasteiger partial charge in [-0.15, -0.1) is 0 Å². The molecule has 0 saturated carbocycles. The van der Waals surface area contributed by atoms with Gasteiger partial charge in [0.15, 0.2) is 0 Å². The van der Waals surface area contributed by atoms with E-state index in [-0.39, 0.29) is 10.0 Å². The van der Waals surface area contributed by atoms with Gasteiger partial charge >= 0.3 is 0 Å². The summed E-state index contributed by atoms with van der Waals surface area (Å²) >= 11 is 3.01. The molecule has 1 saturated heterocycles. The Morgan fingerprint density at radius 1 is 1.10 bits per heavy atom. The van der Waals surface area contributed by atoms with Gasteiger partial charge in [-0.05, 0) is 32.9 Å². The third-order valence-electron chi connectivity index (χ3n) is 3.74. The van der Waals surface area contributed by atoms with Crippen LogP contribution < -0.4 is 0 Å². The number of hydrogen-bond acceptors (Lipinski definition) is 2. The molecule has 0 atom stereocenters. The molecule has 1 heterocycles. The summed E-state index contributed by atoms with van der Waals surface area (Å²) in [5, 5.41) is 0. The Hall–Kier alpha value is -1.01. The van der Waals surface area contributed by atoms with E-state index in [0.717, 1.165) is 12.1 Å². The lowest BCUT2D eigenvalue weighted by molar-refractivity contribution is 0.0444. The highest BCUT2D eigenvalue weighted by Gasteiger charge is 2.30. The van der Waals surface area contributed by atoms with Gasteiger partial charge in [-0.25, -0.2) is 8.78 Å². The van der Waals surface area contributed by atoms with E-state index >= 15 is 0 Å². The van der Waals surface area contributed by atoms with Crippen molar-refractivity contribution < 1.29 is 13.6 Å². The third-order valence-corrected chi connectivity index (χ3v) is 4.19. The van der Waals surface area contributed by atoms with Gasteiger partial charge in [-0.2, -0.15) is 0 Å². The van der Waals surface area contributed by atoms with Crippen LogP contribution in [0.1, 0.15) is 31.1 Å². The zero-order valence-electron chi connectivity index (χ0n) is 12.4. The molecule has 0 aromatic heterocycles. The van der Waals surface area contributed by atoms with E-state index in [1.807, 2.05) is 0 Å². The molecular weight excluding hydrogens is 342 g/mol. The summed E-state index contributed by atoms with van der Waals surface area (Å²) in [7, 11) is 0. The molecule has 1 aromatic rings. The maximum Gasteiger partial charge on any atom is 0.259 e. The summed E-state index contributed by atoms with van der Waals surface area (Å²) in [5.74, 6) is -2.23. The number of nitrogens with zero attached hydrogens (tertiary/aromatic N) is 2. The van der Waals surface area contributed by atoms with Gasteiger partial charge in [0.25, 0.3) is 5.91 Å². The highest BCUT2D eigenvalue weighted by Crippen LogP contribution is 2.22. The van der Waals surface area contributed by atoms with Gasteiger partial charge in [0.2, 0.25) is 0 Å². The van der Waals surface area contributed by atoms with Gasteiger partial charge in [-0.3, -0.25) is 9.69 Å². The Balaban J connectivity index is 2.13. The quantitative estimate of drug-likeness (QED) is 0.767. The van der Waals surface area contributed by atoms with Crippen LogP contribution in [0, 0.1) is 11.6 Å². The predicted molar refractivity (Wildman–Crippen MR) is 81.3 cm³/mol. The minimum atomic E-state index is -0.829. The Kier molecular flexibility index (Phi) is 4.68. The molecule has 0 bridgehead atoms. The SMILES string of the molecule is CC(C)(C)N1CCN(C(=O)c2c(F)cc(Br)cc2F)CC1. The average molecular weight is 361 g/mol. The zero-order valence-corrected chi connectivity index (χ0v) is 14.0. The van der Waals surface area contributed by atoms with Crippen LogP contribution in [-0.4, -0.2) is 47.4 Å². The van der Waals surface area contributed by atoms with Crippen LogP contribution in [-0.2, 0) is 0 Å². The second kappa shape index (κ2) is 6.01. The van der Waals surface area contributed by atoms with Crippen molar-refractivity contribution >= 4 is 21.8 Å². The topological polar surface area (TPSA) is 23.6 Å². The van der Waals surface area contributed by atoms with Crippen LogP contribution in [0.2, 0.25) is 0 Å². The molecule has 0 N–H and O–H groups in total. The molecule has 1 aliphatic heterocycles.